The van der Waals surface area contributed by atoms with Gasteiger partial charge >= 0.3 is 0 Å². The number of nitrogens with two attached hydrogens (primary N) is 1. The third-order valence-corrected chi connectivity index (χ3v) is 24.4. The van der Waals surface area contributed by atoms with Gasteiger partial charge in [0.25, 0.3) is 107 Å². The Labute approximate surface area is 642 Å². The van der Waals surface area contributed by atoms with Crippen LogP contribution < -0.4 is 10.5 Å². The summed E-state index contributed by atoms with van der Waals surface area (Å²) in [6, 6.07) is 9.18. The maximum Gasteiger partial charge on any atom is 0.297 e. The van der Waals surface area contributed by atoms with Crippen LogP contribution in [0.25, 0.3) is 43.1 Å². The van der Waals surface area contributed by atoms with Crippen molar-refractivity contribution < 1.29 is 160 Å². The van der Waals surface area contributed by atoms with Gasteiger partial charge in [-0.05, 0) is 103 Å². The highest BCUT2D eigenvalue weighted by Gasteiger charge is 2.34. The largest absolute Gasteiger partial charge is 0.507 e. The predicted molar refractivity (Wildman–Crippen MR) is 387 cm³/mol. The molecule has 0 heterocycles. The van der Waals surface area contributed by atoms with Crippen molar-refractivity contribution in [1.29, 1.82) is 0 Å². The molecule has 0 aromatic heterocycles. The molecule has 10 aromatic rings. The van der Waals surface area contributed by atoms with Crippen molar-refractivity contribution in [2.75, 3.05) is 18.1 Å². The highest BCUT2D eigenvalue weighted by Crippen LogP contribution is 2.52. The van der Waals surface area contributed by atoms with Gasteiger partial charge in [-0.1, -0.05) is 0 Å². The number of nitrogens with zero attached hydrogens (tertiary/aromatic N) is 11. The zero-order chi connectivity index (χ0) is 85.7. The first-order valence-electron chi connectivity index (χ1n) is 29.6. The van der Waals surface area contributed by atoms with Gasteiger partial charge < -0.3 is 30.9 Å². The Morgan fingerprint density at radius 1 is 0.374 bits per heavy atom. The molecule has 0 spiro atoms. The van der Waals surface area contributed by atoms with Crippen LogP contribution in [0.2, 0.25) is 0 Å². The molecule has 0 aliphatic rings. The summed E-state index contributed by atoms with van der Waals surface area (Å²) in [6.45, 7) is 0.632. The second-order valence-electron chi connectivity index (χ2n) is 23.2. The van der Waals surface area contributed by atoms with E-state index in [0.29, 0.717) is 60.7 Å². The van der Waals surface area contributed by atoms with E-state index in [2.05, 4.69) is 51.1 Å². The molecule has 0 radical (unpaired) electrons. The molecule has 0 aliphatic carbocycles. The van der Waals surface area contributed by atoms with E-state index in [0.717, 1.165) is 12.1 Å². The zero-order valence-corrected chi connectivity index (χ0v) is 63.8. The maximum absolute atomic E-state index is 13.4. The zero-order valence-electron chi connectivity index (χ0n) is 55.7. The van der Waals surface area contributed by atoms with Gasteiger partial charge in [0.05, 0.1) is 54.9 Å². The lowest BCUT2D eigenvalue weighted by atomic mass is 10.0. The van der Waals surface area contributed by atoms with E-state index < -0.39 is 303 Å². The Hall–Kier alpha value is -11.5. The van der Waals surface area contributed by atoms with E-state index >= 15 is 0 Å². The SMILES string of the molecule is Cc1cc(/N=N\c2c(S(=O)(=O)O)cc3c(S(=O)(=O)O)c(/N=N\c4c(S(=O)(=O)O)cc5c(S(=O)(=O)O)c(N=Nc6cc(S(=O)(=O)O)c7cc(S(=O)(=O)O)c(/N=N\c8ccc([N+](=O)[O-])cc8S(=O)(=O)O)c(O)c7c6N)ccc5c4O)ccc3c2O)c(OCCCS(=O)(=O)O)cc1/N=N\c1cc(S(=O)(=O)O)cc2cc(S(=O)(=O)O)cc(O)c12. The smallest absolute Gasteiger partial charge is 0.297 e. The lowest BCUT2D eigenvalue weighted by Gasteiger charge is -2.15. The number of benzene rings is 10. The number of nitro benzene ring substituents is 1. The van der Waals surface area contributed by atoms with E-state index in [1.807, 2.05) is 0 Å². The first kappa shape index (κ1) is 86.0. The number of fused-ring (bicyclic) bond motifs is 4. The number of nitrogen functional groups attached to an aromatic ring is 1. The van der Waals surface area contributed by atoms with E-state index in [1.54, 1.807) is 0 Å². The van der Waals surface area contributed by atoms with Crippen molar-refractivity contribution in [2.45, 2.75) is 57.4 Å². The number of nitro groups is 1. The van der Waals surface area contributed by atoms with Crippen LogP contribution in [0.1, 0.15) is 12.0 Å². The lowest BCUT2D eigenvalue weighted by Crippen LogP contribution is -2.08. The molecule has 10 aromatic carbocycles. The number of phenolic OH excluding ortho intramolecular Hbond substituents is 4. The number of hydrogen-bond acceptors (Lipinski definition) is 38. The molecule has 608 valence electrons. The fourth-order valence-corrected chi connectivity index (χ4v) is 17.2. The topological polar surface area (TPSA) is 827 Å². The minimum atomic E-state index is -5.97. The molecule has 0 atom stereocenters. The summed E-state index contributed by atoms with van der Waals surface area (Å²) in [6.07, 6.45) is -0.484. The van der Waals surface area contributed by atoms with Crippen molar-refractivity contribution in [3.63, 3.8) is 0 Å². The van der Waals surface area contributed by atoms with Crippen LogP contribution in [0.3, 0.4) is 0 Å². The second kappa shape index (κ2) is 30.1. The van der Waals surface area contributed by atoms with Gasteiger partial charge in [0, 0.05) is 51.2 Å². The molecule has 0 unspecified atom stereocenters. The normalized spacial score (nSPS) is 13.5. The molecule has 10 rings (SSSR count). The van der Waals surface area contributed by atoms with Crippen molar-refractivity contribution in [2.24, 2.45) is 51.1 Å². The van der Waals surface area contributed by atoms with Crippen molar-refractivity contribution >= 4 is 213 Å². The van der Waals surface area contributed by atoms with Gasteiger partial charge in [-0.15, -0.1) is 46.0 Å². The minimum absolute atomic E-state index is 0.0487. The second-order valence-corrected chi connectivity index (χ2v) is 37.3. The molecule has 0 saturated carbocycles. The highest BCUT2D eigenvalue weighted by atomic mass is 32.3. The van der Waals surface area contributed by atoms with Gasteiger partial charge in [0.1, 0.15) is 91.3 Å². The molecule has 0 amide bonds. The number of aryl methyl sites for hydroxylation is 1. The number of ether oxygens (including phenoxy) is 1. The Bertz CT molecular complexity index is 7430. The number of phenols is 4. The third-order valence-electron chi connectivity index (χ3n) is 15.6. The molecule has 0 bridgehead atoms. The van der Waals surface area contributed by atoms with E-state index in [1.165, 1.54) is 6.92 Å². The standard InChI is InChI=1S/C56H42N12O37S10/c1-22-11-36(40(105-9-2-10-106(75,76)77)20-35(22)61-63-37-15-25(107(78,79)80)12-23-13-26(108(81,82)83)16-39(69)46(23)37)62-66-50-44(112(93,94)95)18-30-28(53(50)71)5-8-34(56(30)115(102,103)104)60-65-49-43(111(90,91)92)17-29-27(52(49)70)4-7-33(55(29)114(99,100)101)59-64-38-21-41(109(84,85)86)31-19-45(113(96,97)98)51(54(72)47(31)48(38)57)67-58-32-6-3-24(68(73)74)14-42(32)110(87,88)89/h3-8,11-21,69-72H,2,9-10,57H2,1H3,(H,75,76,77)(H,78,79,80)(H,81,82,83)(H,84,85,86)(H,87,88,89)(H,90,91,92)(H,93,94,95)(H,96,97,98)(H,99,100,101)(H,102,103,104)/b63-61-,64-59?,65-60-,66-62-,67-58-. The first-order valence-corrected chi connectivity index (χ1v) is 44.2. The van der Waals surface area contributed by atoms with E-state index in [9.17, 15) is 160 Å². The number of aromatic hydroxyl groups is 4. The maximum atomic E-state index is 13.4. The number of anilines is 1. The lowest BCUT2D eigenvalue weighted by molar-refractivity contribution is -0.385. The molecule has 59 heteroatoms. The van der Waals surface area contributed by atoms with E-state index in [-0.39, 0.29) is 41.6 Å². The number of rotatable bonds is 25. The van der Waals surface area contributed by atoms with Gasteiger partial charge in [-0.3, -0.25) is 55.6 Å². The highest BCUT2D eigenvalue weighted by molar-refractivity contribution is 7.88. The Balaban J connectivity index is 1.08. The summed E-state index contributed by atoms with van der Waals surface area (Å²) < 4.78 is 361. The minimum Gasteiger partial charge on any atom is -0.507 e. The molecule has 16 N–H and O–H groups in total. The Kier molecular flexibility index (Phi) is 22.5. The van der Waals surface area contributed by atoms with Crippen LogP contribution in [0.15, 0.2) is 198 Å². The molecule has 49 nitrogen and oxygen atoms in total. The Morgan fingerprint density at radius 2 is 0.783 bits per heavy atom. The summed E-state index contributed by atoms with van der Waals surface area (Å²) >= 11 is 0. The van der Waals surface area contributed by atoms with Gasteiger partial charge in [0.15, 0.2) is 17.2 Å². The van der Waals surface area contributed by atoms with Gasteiger partial charge in [-0.2, -0.15) is 89.3 Å². The van der Waals surface area contributed by atoms with Crippen molar-refractivity contribution in [3.05, 3.63) is 119 Å². The summed E-state index contributed by atoms with van der Waals surface area (Å²) in [5.41, 5.74) is -6.02. The van der Waals surface area contributed by atoms with E-state index in [4.69, 9.17) is 10.5 Å². The van der Waals surface area contributed by atoms with Crippen LogP contribution in [0.5, 0.6) is 28.7 Å². The fraction of sp³-hybridized carbons (Fsp3) is 0.0714. The quantitative estimate of drug-likeness (QED) is 0.00631. The Morgan fingerprint density at radius 3 is 1.23 bits per heavy atom. The van der Waals surface area contributed by atoms with Crippen LogP contribution in [0.4, 0.5) is 68.2 Å². The van der Waals surface area contributed by atoms with Crippen LogP contribution in [-0.4, -0.2) is 167 Å². The van der Waals surface area contributed by atoms with Crippen molar-refractivity contribution in [3.8, 4) is 28.7 Å². The average molecular weight is 1800 g/mol. The molecule has 0 saturated heterocycles. The van der Waals surface area contributed by atoms with Crippen molar-refractivity contribution in [1.82, 2.24) is 0 Å². The molecular weight excluding hydrogens is 1750 g/mol. The first-order chi connectivity index (χ1) is 52.7. The predicted octanol–water partition coefficient (Wildman–Crippen LogP) is 9.87. The molecular formula is C56H42N12O37S10. The monoisotopic (exact) mass is 1790 g/mol. The van der Waals surface area contributed by atoms with Crippen LogP contribution >= 0.6 is 0 Å². The number of azo groups is 5. The fourth-order valence-electron chi connectivity index (χ4n) is 10.8. The third kappa shape index (κ3) is 18.2. The summed E-state index contributed by atoms with van der Waals surface area (Å²) in [7, 11) is -55.5. The van der Waals surface area contributed by atoms with Gasteiger partial charge in [0.2, 0.25) is 0 Å². The average Bonchev–Trinajstić information content (AvgIpc) is 0.752. The van der Waals surface area contributed by atoms with Gasteiger partial charge in [-0.25, -0.2) is 0 Å². The molecule has 115 heavy (non-hydrogen) atoms. The summed E-state index contributed by atoms with van der Waals surface area (Å²) in [5, 5.41) is 86.5. The molecule has 0 fully saturated rings. The summed E-state index contributed by atoms with van der Waals surface area (Å²) in [4.78, 5) is -2.57. The van der Waals surface area contributed by atoms with Crippen LogP contribution in [-0.2, 0) is 101 Å². The molecule has 0 aliphatic heterocycles. The summed E-state index contributed by atoms with van der Waals surface area (Å²) in [5.74, 6) is -7.02. The number of non-ortho nitro benzene ring substituents is 1. The van der Waals surface area contributed by atoms with Crippen LogP contribution in [0, 0.1) is 17.0 Å². The number of hydrogen-bond donors (Lipinski definition) is 15.